The zero-order chi connectivity index (χ0) is 20.0. The van der Waals surface area contributed by atoms with Crippen LogP contribution in [0.15, 0.2) is 34.8 Å². The summed E-state index contributed by atoms with van der Waals surface area (Å²) < 4.78 is 10.9. The van der Waals surface area contributed by atoms with E-state index in [-0.39, 0.29) is 0 Å². The van der Waals surface area contributed by atoms with Gasteiger partial charge in [-0.2, -0.15) is 0 Å². The second-order valence-electron chi connectivity index (χ2n) is 11.2. The molecule has 0 bridgehead atoms. The second-order valence-corrected chi connectivity index (χ2v) is 11.2. The lowest BCUT2D eigenvalue weighted by atomic mass is 9.39. The monoisotopic (exact) mass is 384 g/mol. The molecule has 3 aliphatic carbocycles. The quantitative estimate of drug-likeness (QED) is 0.504. The maximum Gasteiger partial charge on any atom is 0.0934 e. The number of methoxy groups -OCH3 is 1. The highest BCUT2D eigenvalue weighted by Crippen LogP contribution is 2.69. The highest BCUT2D eigenvalue weighted by atomic mass is 16.5. The lowest BCUT2D eigenvalue weighted by Gasteiger charge is -2.66. The van der Waals surface area contributed by atoms with E-state index in [1.54, 1.807) is 5.57 Å². The predicted octanol–water partition coefficient (Wildman–Crippen LogP) is 7.40. The van der Waals surface area contributed by atoms with Crippen LogP contribution in [0.25, 0.3) is 0 Å². The highest BCUT2D eigenvalue weighted by molar-refractivity contribution is 5.20. The van der Waals surface area contributed by atoms with Gasteiger partial charge in [0.25, 0.3) is 0 Å². The van der Waals surface area contributed by atoms with Crippen molar-refractivity contribution >= 4 is 0 Å². The van der Waals surface area contributed by atoms with Gasteiger partial charge < -0.3 is 9.15 Å². The van der Waals surface area contributed by atoms with E-state index in [1.165, 1.54) is 56.9 Å². The van der Waals surface area contributed by atoms with Gasteiger partial charge in [0.15, 0.2) is 0 Å². The summed E-state index contributed by atoms with van der Waals surface area (Å²) >= 11 is 0. The molecule has 28 heavy (non-hydrogen) atoms. The normalized spacial score (nSPS) is 41.3. The van der Waals surface area contributed by atoms with Crippen LogP contribution in [0, 0.1) is 34.0 Å². The summed E-state index contributed by atoms with van der Waals surface area (Å²) in [4.78, 5) is 0. The van der Waals surface area contributed by atoms with Gasteiger partial charge in [-0.3, -0.25) is 0 Å². The summed E-state index contributed by atoms with van der Waals surface area (Å²) in [5.41, 5.74) is 4.29. The van der Waals surface area contributed by atoms with E-state index in [2.05, 4.69) is 40.0 Å². The van der Waals surface area contributed by atoms with Gasteiger partial charge in [-0.05, 0) is 103 Å². The molecule has 2 heteroatoms. The van der Waals surface area contributed by atoms with Crippen molar-refractivity contribution in [1.29, 1.82) is 0 Å². The maximum absolute atomic E-state index is 5.56. The number of ether oxygens (including phenoxy) is 1. The van der Waals surface area contributed by atoms with Crippen molar-refractivity contribution < 1.29 is 9.15 Å². The summed E-state index contributed by atoms with van der Waals surface area (Å²) in [7, 11) is 1.82. The van der Waals surface area contributed by atoms with E-state index in [0.29, 0.717) is 22.2 Å². The van der Waals surface area contributed by atoms with Crippen LogP contribution in [-0.2, 0) is 11.2 Å². The molecule has 0 amide bonds. The Bertz CT molecular complexity index is 700. The first-order valence-corrected chi connectivity index (χ1v) is 11.5. The van der Waals surface area contributed by atoms with E-state index in [4.69, 9.17) is 9.15 Å². The van der Waals surface area contributed by atoms with Crippen molar-refractivity contribution in [1.82, 2.24) is 0 Å². The number of aryl methyl sites for hydroxylation is 1. The summed E-state index contributed by atoms with van der Waals surface area (Å²) in [5.74, 6) is 2.35. The molecule has 4 rings (SSSR count). The topological polar surface area (TPSA) is 22.4 Å². The zero-order valence-corrected chi connectivity index (χ0v) is 18.7. The van der Waals surface area contributed by atoms with E-state index in [0.717, 1.165) is 18.3 Å². The molecule has 1 heterocycles. The van der Waals surface area contributed by atoms with Gasteiger partial charge in [0.05, 0.1) is 25.9 Å². The van der Waals surface area contributed by atoms with Gasteiger partial charge in [-0.25, -0.2) is 0 Å². The molecular weight excluding hydrogens is 344 g/mol. The van der Waals surface area contributed by atoms with Crippen LogP contribution in [0.4, 0.5) is 0 Å². The highest BCUT2D eigenvalue weighted by Gasteiger charge is 2.61. The lowest BCUT2D eigenvalue weighted by Crippen LogP contribution is -2.58. The van der Waals surface area contributed by atoms with Gasteiger partial charge in [-0.1, -0.05) is 34.1 Å². The van der Waals surface area contributed by atoms with Gasteiger partial charge in [0.2, 0.25) is 0 Å². The standard InChI is InChI=1S/C26H40O2/c1-24(2)13-6-14-26(4)22(24)11-15-25(3)21(9-7-19-12-16-28-17-19)20(18-27-5)8-10-23(25)26/h12,16-18,21-23H,6-11,13-15H2,1-5H3/b20-18+/t21-,22-,23-,25+,26-/m0/s1. The van der Waals surface area contributed by atoms with Crippen LogP contribution in [0.3, 0.4) is 0 Å². The van der Waals surface area contributed by atoms with E-state index < -0.39 is 0 Å². The van der Waals surface area contributed by atoms with Crippen molar-refractivity contribution in [3.63, 3.8) is 0 Å². The fourth-order valence-electron chi connectivity index (χ4n) is 8.23. The number of furan rings is 1. The minimum absolute atomic E-state index is 0.394. The van der Waals surface area contributed by atoms with Crippen LogP contribution in [-0.4, -0.2) is 7.11 Å². The molecule has 3 saturated carbocycles. The molecule has 1 aromatic rings. The minimum Gasteiger partial charge on any atom is -0.504 e. The first kappa shape index (κ1) is 20.1. The Morgan fingerprint density at radius 3 is 2.61 bits per heavy atom. The van der Waals surface area contributed by atoms with Crippen LogP contribution in [0.2, 0.25) is 0 Å². The van der Waals surface area contributed by atoms with E-state index >= 15 is 0 Å². The molecule has 0 aromatic carbocycles. The Hall–Kier alpha value is -1.18. The van der Waals surface area contributed by atoms with Crippen LogP contribution >= 0.6 is 0 Å². The SMILES string of the molecule is CO/C=C1\CC[C@H]2[C@](C)(CC[C@H]3C(C)(C)CCC[C@]23C)[C@H]1CCc1ccoc1. The van der Waals surface area contributed by atoms with E-state index in [9.17, 15) is 0 Å². The Morgan fingerprint density at radius 1 is 1.07 bits per heavy atom. The third-order valence-electron chi connectivity index (χ3n) is 9.38. The average molecular weight is 385 g/mol. The summed E-state index contributed by atoms with van der Waals surface area (Å²) in [6, 6.07) is 2.13. The number of allylic oxidation sites excluding steroid dienone is 1. The Labute approximate surface area is 172 Å². The van der Waals surface area contributed by atoms with Crippen LogP contribution < -0.4 is 0 Å². The van der Waals surface area contributed by atoms with E-state index in [1.807, 2.05) is 19.6 Å². The zero-order valence-electron chi connectivity index (χ0n) is 18.7. The lowest BCUT2D eigenvalue weighted by molar-refractivity contribution is -0.154. The molecule has 0 saturated heterocycles. The van der Waals surface area contributed by atoms with Crippen LogP contribution in [0.1, 0.15) is 84.6 Å². The van der Waals surface area contributed by atoms with Crippen molar-refractivity contribution in [3.05, 3.63) is 36.0 Å². The first-order valence-electron chi connectivity index (χ1n) is 11.5. The molecule has 3 aliphatic rings. The smallest absolute Gasteiger partial charge is 0.0934 e. The molecule has 0 N–H and O–H groups in total. The predicted molar refractivity (Wildman–Crippen MR) is 115 cm³/mol. The van der Waals surface area contributed by atoms with Crippen molar-refractivity contribution in [2.75, 3.05) is 7.11 Å². The number of fused-ring (bicyclic) bond motifs is 3. The van der Waals surface area contributed by atoms with Gasteiger partial charge in [0.1, 0.15) is 0 Å². The maximum atomic E-state index is 5.56. The number of rotatable bonds is 4. The summed E-state index contributed by atoms with van der Waals surface area (Å²) in [6.45, 7) is 10.4. The average Bonchev–Trinajstić information content (AvgIpc) is 3.13. The summed E-state index contributed by atoms with van der Waals surface area (Å²) in [6.07, 6.45) is 17.7. The molecular formula is C26H40O2. The third kappa shape index (κ3) is 3.15. The van der Waals surface area contributed by atoms with Gasteiger partial charge in [-0.15, -0.1) is 0 Å². The first-order chi connectivity index (χ1) is 13.3. The van der Waals surface area contributed by atoms with Crippen molar-refractivity contribution in [2.24, 2.45) is 34.0 Å². The molecule has 0 radical (unpaired) electrons. The summed E-state index contributed by atoms with van der Waals surface area (Å²) in [5, 5.41) is 0. The van der Waals surface area contributed by atoms with Crippen molar-refractivity contribution in [3.8, 4) is 0 Å². The minimum atomic E-state index is 0.394. The Kier molecular flexibility index (Phi) is 5.21. The molecule has 5 atom stereocenters. The molecule has 1 aromatic heterocycles. The fraction of sp³-hybridized carbons (Fsp3) is 0.769. The molecule has 2 nitrogen and oxygen atoms in total. The second kappa shape index (κ2) is 7.26. The molecule has 3 fully saturated rings. The molecule has 156 valence electrons. The molecule has 0 aliphatic heterocycles. The Balaban J connectivity index is 1.66. The fourth-order valence-corrected chi connectivity index (χ4v) is 8.23. The van der Waals surface area contributed by atoms with Gasteiger partial charge in [0, 0.05) is 0 Å². The largest absolute Gasteiger partial charge is 0.504 e. The third-order valence-corrected chi connectivity index (χ3v) is 9.38. The number of hydrogen-bond acceptors (Lipinski definition) is 2. The number of hydrogen-bond donors (Lipinski definition) is 0. The van der Waals surface area contributed by atoms with Gasteiger partial charge >= 0.3 is 0 Å². The molecule has 0 unspecified atom stereocenters. The van der Waals surface area contributed by atoms with Crippen molar-refractivity contribution in [2.45, 2.75) is 85.5 Å². The van der Waals surface area contributed by atoms with Crippen LogP contribution in [0.5, 0.6) is 0 Å². The molecule has 0 spiro atoms. The Morgan fingerprint density at radius 2 is 1.89 bits per heavy atom.